The first-order valence-corrected chi connectivity index (χ1v) is 6.83. The van der Waals surface area contributed by atoms with Gasteiger partial charge in [-0.2, -0.15) is 5.26 Å². The SMILES string of the molecule is N#CCCN(CC(=O)Nc1nncs1)Cc1ccco1. The number of furan rings is 1. The minimum Gasteiger partial charge on any atom is -0.468 e. The topological polar surface area (TPSA) is 95.1 Å². The molecule has 0 spiro atoms. The smallest absolute Gasteiger partial charge is 0.240 e. The van der Waals surface area contributed by atoms with E-state index >= 15 is 0 Å². The molecule has 0 aliphatic carbocycles. The van der Waals surface area contributed by atoms with Gasteiger partial charge in [0.15, 0.2) is 0 Å². The van der Waals surface area contributed by atoms with Crippen LogP contribution in [-0.4, -0.2) is 34.1 Å². The van der Waals surface area contributed by atoms with Crippen molar-refractivity contribution in [2.45, 2.75) is 13.0 Å². The number of nitrogens with one attached hydrogen (secondary N) is 1. The highest BCUT2D eigenvalue weighted by Gasteiger charge is 2.13. The maximum atomic E-state index is 11.9. The standard InChI is InChI=1S/C12H13N5O2S/c13-4-2-5-17(7-10-3-1-6-19-10)8-11(18)15-12-16-14-9-20-12/h1,3,6,9H,2,5,7-8H2,(H,15,16,18). The highest BCUT2D eigenvalue weighted by molar-refractivity contribution is 7.13. The van der Waals surface area contributed by atoms with Crippen LogP contribution in [0.4, 0.5) is 5.13 Å². The molecule has 20 heavy (non-hydrogen) atoms. The van der Waals surface area contributed by atoms with Gasteiger partial charge in [-0.25, -0.2) is 0 Å². The van der Waals surface area contributed by atoms with Crippen molar-refractivity contribution < 1.29 is 9.21 Å². The number of carbonyl (C=O) groups excluding carboxylic acids is 1. The van der Waals surface area contributed by atoms with Gasteiger partial charge in [0, 0.05) is 13.0 Å². The van der Waals surface area contributed by atoms with Crippen LogP contribution in [0.2, 0.25) is 0 Å². The maximum absolute atomic E-state index is 11.9. The average molecular weight is 291 g/mol. The Bertz CT molecular complexity index is 561. The van der Waals surface area contributed by atoms with Gasteiger partial charge in [-0.15, -0.1) is 10.2 Å². The van der Waals surface area contributed by atoms with Crippen LogP contribution in [0.25, 0.3) is 0 Å². The van der Waals surface area contributed by atoms with Crippen LogP contribution in [0.15, 0.2) is 28.3 Å². The lowest BCUT2D eigenvalue weighted by atomic mass is 10.3. The van der Waals surface area contributed by atoms with Crippen LogP contribution < -0.4 is 5.32 Å². The summed E-state index contributed by atoms with van der Waals surface area (Å²) >= 11 is 1.26. The van der Waals surface area contributed by atoms with Gasteiger partial charge in [0.2, 0.25) is 11.0 Å². The number of amides is 1. The first-order chi connectivity index (χ1) is 9.78. The Labute approximate surface area is 119 Å². The highest BCUT2D eigenvalue weighted by Crippen LogP contribution is 2.09. The number of nitrogens with zero attached hydrogens (tertiary/aromatic N) is 4. The van der Waals surface area contributed by atoms with Gasteiger partial charge in [0.1, 0.15) is 11.3 Å². The molecule has 0 radical (unpaired) electrons. The Hall–Kier alpha value is -2.24. The van der Waals surface area contributed by atoms with E-state index in [0.717, 1.165) is 5.76 Å². The third-order valence-electron chi connectivity index (χ3n) is 2.47. The number of aromatic nitrogens is 2. The molecule has 0 bridgehead atoms. The molecular formula is C12H13N5O2S. The summed E-state index contributed by atoms with van der Waals surface area (Å²) in [5, 5.41) is 19.2. The molecule has 1 amide bonds. The van der Waals surface area contributed by atoms with Gasteiger partial charge >= 0.3 is 0 Å². The zero-order valence-electron chi connectivity index (χ0n) is 10.7. The summed E-state index contributed by atoms with van der Waals surface area (Å²) in [6, 6.07) is 5.70. The Morgan fingerprint density at radius 1 is 1.60 bits per heavy atom. The Morgan fingerprint density at radius 2 is 2.50 bits per heavy atom. The van der Waals surface area contributed by atoms with Crippen molar-refractivity contribution in [3.8, 4) is 6.07 Å². The molecule has 0 atom stereocenters. The molecule has 2 aromatic rings. The van der Waals surface area contributed by atoms with Crippen molar-refractivity contribution in [3.05, 3.63) is 29.7 Å². The van der Waals surface area contributed by atoms with Gasteiger partial charge in [-0.05, 0) is 12.1 Å². The minimum atomic E-state index is -0.189. The molecule has 0 fully saturated rings. The molecule has 2 rings (SSSR count). The van der Waals surface area contributed by atoms with Gasteiger partial charge in [-0.3, -0.25) is 15.0 Å². The largest absolute Gasteiger partial charge is 0.468 e. The molecule has 0 unspecified atom stereocenters. The first-order valence-electron chi connectivity index (χ1n) is 5.95. The normalized spacial score (nSPS) is 10.4. The van der Waals surface area contributed by atoms with Crippen LogP contribution in [0, 0.1) is 11.3 Å². The zero-order valence-corrected chi connectivity index (χ0v) is 11.5. The van der Waals surface area contributed by atoms with Crippen molar-refractivity contribution >= 4 is 22.4 Å². The number of carbonyl (C=O) groups is 1. The van der Waals surface area contributed by atoms with Crippen LogP contribution in [0.3, 0.4) is 0 Å². The molecule has 2 aromatic heterocycles. The number of hydrogen-bond acceptors (Lipinski definition) is 7. The van der Waals surface area contributed by atoms with Gasteiger partial charge in [0.25, 0.3) is 0 Å². The van der Waals surface area contributed by atoms with Crippen molar-refractivity contribution in [2.75, 3.05) is 18.4 Å². The van der Waals surface area contributed by atoms with Crippen molar-refractivity contribution in [3.63, 3.8) is 0 Å². The minimum absolute atomic E-state index is 0.169. The van der Waals surface area contributed by atoms with E-state index in [4.69, 9.17) is 9.68 Å². The maximum Gasteiger partial charge on any atom is 0.240 e. The summed E-state index contributed by atoms with van der Waals surface area (Å²) < 4.78 is 5.25. The zero-order chi connectivity index (χ0) is 14.2. The van der Waals surface area contributed by atoms with Gasteiger partial charge in [0.05, 0.1) is 25.4 Å². The summed E-state index contributed by atoms with van der Waals surface area (Å²) in [6.45, 7) is 1.15. The van der Waals surface area contributed by atoms with E-state index in [2.05, 4.69) is 21.6 Å². The van der Waals surface area contributed by atoms with Gasteiger partial charge in [-0.1, -0.05) is 11.3 Å². The lowest BCUT2D eigenvalue weighted by Gasteiger charge is -2.18. The first kappa shape index (κ1) is 14.2. The molecule has 0 saturated heterocycles. The third-order valence-corrected chi connectivity index (χ3v) is 3.08. The van der Waals surface area contributed by atoms with E-state index in [1.165, 1.54) is 11.3 Å². The van der Waals surface area contributed by atoms with E-state index in [1.807, 2.05) is 11.0 Å². The second-order valence-electron chi connectivity index (χ2n) is 3.99. The number of anilines is 1. The van der Waals surface area contributed by atoms with E-state index in [1.54, 1.807) is 17.8 Å². The predicted octanol–water partition coefficient (Wildman–Crippen LogP) is 1.49. The molecule has 0 aliphatic heterocycles. The molecular weight excluding hydrogens is 278 g/mol. The molecule has 8 heteroatoms. The van der Waals surface area contributed by atoms with E-state index in [9.17, 15) is 4.79 Å². The molecule has 0 aliphatic rings. The fourth-order valence-corrected chi connectivity index (χ4v) is 2.10. The quantitative estimate of drug-likeness (QED) is 0.830. The lowest BCUT2D eigenvalue weighted by molar-refractivity contribution is -0.117. The summed E-state index contributed by atoms with van der Waals surface area (Å²) in [5.41, 5.74) is 1.55. The fourth-order valence-electron chi connectivity index (χ4n) is 1.63. The Balaban J connectivity index is 1.89. The van der Waals surface area contributed by atoms with Crippen molar-refractivity contribution in [1.29, 1.82) is 5.26 Å². The van der Waals surface area contributed by atoms with Crippen molar-refractivity contribution in [2.24, 2.45) is 0 Å². The van der Waals surface area contributed by atoms with Crippen LogP contribution in [-0.2, 0) is 11.3 Å². The molecule has 0 aromatic carbocycles. The molecule has 104 valence electrons. The Morgan fingerprint density at radius 3 is 3.15 bits per heavy atom. The highest BCUT2D eigenvalue weighted by atomic mass is 32.1. The summed E-state index contributed by atoms with van der Waals surface area (Å²) in [7, 11) is 0. The van der Waals surface area contributed by atoms with Gasteiger partial charge < -0.3 is 4.42 Å². The second kappa shape index (κ2) is 7.37. The van der Waals surface area contributed by atoms with Crippen LogP contribution >= 0.6 is 11.3 Å². The summed E-state index contributed by atoms with van der Waals surface area (Å²) in [6.07, 6.45) is 1.94. The van der Waals surface area contributed by atoms with Crippen molar-refractivity contribution in [1.82, 2.24) is 15.1 Å². The van der Waals surface area contributed by atoms with Crippen LogP contribution in [0.1, 0.15) is 12.2 Å². The Kier molecular flexibility index (Phi) is 5.23. The summed E-state index contributed by atoms with van der Waals surface area (Å²) in [4.78, 5) is 13.7. The van der Waals surface area contributed by atoms with E-state index in [0.29, 0.717) is 24.6 Å². The number of rotatable bonds is 7. The molecule has 7 nitrogen and oxygen atoms in total. The van der Waals surface area contributed by atoms with E-state index < -0.39 is 0 Å². The molecule has 1 N–H and O–H groups in total. The predicted molar refractivity (Wildman–Crippen MR) is 72.8 cm³/mol. The van der Waals surface area contributed by atoms with E-state index in [-0.39, 0.29) is 12.5 Å². The number of nitriles is 1. The lowest BCUT2D eigenvalue weighted by Crippen LogP contribution is -2.33. The molecule has 0 saturated carbocycles. The summed E-state index contributed by atoms with van der Waals surface area (Å²) in [5.74, 6) is 0.568. The monoisotopic (exact) mass is 291 g/mol. The second-order valence-corrected chi connectivity index (χ2v) is 4.82. The average Bonchev–Trinajstić information content (AvgIpc) is 3.09. The fraction of sp³-hybridized carbons (Fsp3) is 0.333. The molecule has 2 heterocycles. The third kappa shape index (κ3) is 4.46. The number of hydrogen-bond donors (Lipinski definition) is 1. The van der Waals surface area contributed by atoms with Crippen LogP contribution in [0.5, 0.6) is 0 Å².